The molecule has 7 heteroatoms. The number of aromatic nitrogens is 2. The minimum atomic E-state index is -0.459. The maximum Gasteiger partial charge on any atom is 0.339 e. The summed E-state index contributed by atoms with van der Waals surface area (Å²) in [7, 11) is 1.32. The molecule has 0 unspecified atom stereocenters. The molecule has 2 N–H and O–H groups in total. The number of amides is 1. The normalized spacial score (nSPS) is 10.4. The van der Waals surface area contributed by atoms with Crippen molar-refractivity contribution in [1.29, 1.82) is 0 Å². The van der Waals surface area contributed by atoms with Gasteiger partial charge in [0, 0.05) is 5.69 Å². The average Bonchev–Trinajstić information content (AvgIpc) is 3.00. The molecule has 3 aromatic rings. The number of nitrogens with zero attached hydrogens (tertiary/aromatic N) is 2. The first kappa shape index (κ1) is 19.2. The summed E-state index contributed by atoms with van der Waals surface area (Å²) in [5.41, 5.74) is 4.09. The number of benzene rings is 2. The number of rotatable bonds is 6. The van der Waals surface area contributed by atoms with Crippen LogP contribution in [-0.4, -0.2) is 35.3 Å². The molecule has 1 amide bonds. The number of hydrogen-bond donors (Lipinski definition) is 2. The third-order valence-corrected chi connectivity index (χ3v) is 4.33. The third kappa shape index (κ3) is 4.03. The summed E-state index contributed by atoms with van der Waals surface area (Å²) in [6.45, 7) is 3.76. The van der Waals surface area contributed by atoms with Gasteiger partial charge in [0.1, 0.15) is 0 Å². The largest absolute Gasteiger partial charge is 0.465 e. The molecule has 7 nitrogen and oxygen atoms in total. The van der Waals surface area contributed by atoms with E-state index >= 15 is 0 Å². The van der Waals surface area contributed by atoms with E-state index < -0.39 is 5.97 Å². The molecule has 0 spiro atoms. The highest BCUT2D eigenvalue weighted by atomic mass is 16.5. The lowest BCUT2D eigenvalue weighted by Crippen LogP contribution is -2.23. The zero-order valence-electron chi connectivity index (χ0n) is 16.0. The number of esters is 1. The van der Waals surface area contributed by atoms with E-state index in [1.807, 2.05) is 44.2 Å². The molecule has 0 atom stereocenters. The van der Waals surface area contributed by atoms with Crippen LogP contribution < -0.4 is 10.6 Å². The van der Waals surface area contributed by atoms with E-state index in [-0.39, 0.29) is 12.5 Å². The third-order valence-electron chi connectivity index (χ3n) is 4.33. The number of carbonyl (C=O) groups excluding carboxylic acids is 2. The number of carbonyl (C=O) groups is 2. The molecular weight excluding hydrogens is 356 g/mol. The van der Waals surface area contributed by atoms with Gasteiger partial charge in [-0.25, -0.2) is 9.48 Å². The van der Waals surface area contributed by atoms with Gasteiger partial charge in [-0.2, -0.15) is 5.10 Å². The van der Waals surface area contributed by atoms with Crippen molar-refractivity contribution in [3.8, 4) is 5.69 Å². The van der Waals surface area contributed by atoms with E-state index in [1.165, 1.54) is 7.11 Å². The minimum Gasteiger partial charge on any atom is -0.465 e. The Balaban J connectivity index is 1.71. The molecule has 0 aliphatic heterocycles. The molecule has 0 aliphatic carbocycles. The van der Waals surface area contributed by atoms with Gasteiger partial charge in [-0.15, -0.1) is 0 Å². The number of ether oxygens (including phenoxy) is 1. The van der Waals surface area contributed by atoms with E-state index in [2.05, 4.69) is 15.7 Å². The van der Waals surface area contributed by atoms with Crippen molar-refractivity contribution in [2.24, 2.45) is 0 Å². The van der Waals surface area contributed by atoms with Crippen LogP contribution in [0.1, 0.15) is 21.7 Å². The highest BCUT2D eigenvalue weighted by Crippen LogP contribution is 2.23. The van der Waals surface area contributed by atoms with Crippen molar-refractivity contribution in [2.75, 3.05) is 24.3 Å². The topological polar surface area (TPSA) is 85.2 Å². The zero-order chi connectivity index (χ0) is 20.1. The van der Waals surface area contributed by atoms with E-state index in [1.54, 1.807) is 28.9 Å². The molecule has 2 aromatic carbocycles. The van der Waals surface area contributed by atoms with Crippen LogP contribution in [0, 0.1) is 13.8 Å². The smallest absolute Gasteiger partial charge is 0.339 e. The second-order valence-corrected chi connectivity index (χ2v) is 6.23. The molecule has 0 aliphatic rings. The molecule has 0 fully saturated rings. The Morgan fingerprint density at radius 2 is 1.71 bits per heavy atom. The van der Waals surface area contributed by atoms with Crippen LogP contribution in [0.2, 0.25) is 0 Å². The van der Waals surface area contributed by atoms with E-state index in [4.69, 9.17) is 4.74 Å². The fourth-order valence-corrected chi connectivity index (χ4v) is 2.93. The first-order valence-corrected chi connectivity index (χ1v) is 8.84. The number of anilines is 2. The molecule has 0 radical (unpaired) electrons. The summed E-state index contributed by atoms with van der Waals surface area (Å²) in [5.74, 6) is -0.696. The number of nitrogens with one attached hydrogen (secondary N) is 2. The number of hydrogen-bond acceptors (Lipinski definition) is 5. The highest BCUT2D eigenvalue weighted by Gasteiger charge is 2.16. The van der Waals surface area contributed by atoms with Gasteiger partial charge in [0.05, 0.1) is 42.0 Å². The van der Waals surface area contributed by atoms with Crippen molar-refractivity contribution in [1.82, 2.24) is 9.78 Å². The monoisotopic (exact) mass is 378 g/mol. The molecule has 0 saturated heterocycles. The van der Waals surface area contributed by atoms with Crippen LogP contribution in [0.4, 0.5) is 11.4 Å². The minimum absolute atomic E-state index is 0.00338. The van der Waals surface area contributed by atoms with Gasteiger partial charge in [0.25, 0.3) is 0 Å². The standard InChI is InChI=1S/C21H22N4O3/c1-14-20(15(2)25(24-14)16-9-5-4-6-10-16)23-19(26)13-22-18-12-8-7-11-17(18)21(27)28-3/h4-12,22H,13H2,1-3H3,(H,23,26). The van der Waals surface area contributed by atoms with Crippen molar-refractivity contribution in [3.63, 3.8) is 0 Å². The Bertz CT molecular complexity index is 996. The molecule has 1 heterocycles. The summed E-state index contributed by atoms with van der Waals surface area (Å²) < 4.78 is 6.56. The Morgan fingerprint density at radius 3 is 2.43 bits per heavy atom. The summed E-state index contributed by atoms with van der Waals surface area (Å²) in [6, 6.07) is 16.6. The average molecular weight is 378 g/mol. The van der Waals surface area contributed by atoms with E-state index in [0.29, 0.717) is 16.9 Å². The van der Waals surface area contributed by atoms with Crippen LogP contribution in [0.5, 0.6) is 0 Å². The summed E-state index contributed by atoms with van der Waals surface area (Å²) >= 11 is 0. The van der Waals surface area contributed by atoms with Gasteiger partial charge in [-0.1, -0.05) is 30.3 Å². The number of aryl methyl sites for hydroxylation is 1. The van der Waals surface area contributed by atoms with E-state index in [0.717, 1.165) is 17.1 Å². The van der Waals surface area contributed by atoms with Crippen LogP contribution in [0.25, 0.3) is 5.69 Å². The lowest BCUT2D eigenvalue weighted by Gasteiger charge is -2.11. The molecule has 1 aromatic heterocycles. The molecule has 3 rings (SSSR count). The predicted octanol–water partition coefficient (Wildman–Crippen LogP) is 3.33. The van der Waals surface area contributed by atoms with Crippen molar-refractivity contribution in [2.45, 2.75) is 13.8 Å². The quantitative estimate of drug-likeness (QED) is 0.643. The van der Waals surface area contributed by atoms with Gasteiger partial charge in [-0.3, -0.25) is 4.79 Å². The first-order chi connectivity index (χ1) is 13.5. The van der Waals surface area contributed by atoms with E-state index in [9.17, 15) is 9.59 Å². The molecule has 0 bridgehead atoms. The lowest BCUT2D eigenvalue weighted by atomic mass is 10.2. The van der Waals surface area contributed by atoms with Gasteiger partial charge in [-0.05, 0) is 38.1 Å². The van der Waals surface area contributed by atoms with Crippen LogP contribution >= 0.6 is 0 Å². The van der Waals surface area contributed by atoms with Gasteiger partial charge in [0.15, 0.2) is 0 Å². The summed E-state index contributed by atoms with van der Waals surface area (Å²) in [6.07, 6.45) is 0. The van der Waals surface area contributed by atoms with Gasteiger partial charge in [0.2, 0.25) is 5.91 Å². The van der Waals surface area contributed by atoms with Gasteiger partial charge < -0.3 is 15.4 Å². The Hall–Kier alpha value is -3.61. The van der Waals surface area contributed by atoms with Crippen molar-refractivity contribution >= 4 is 23.3 Å². The Labute approximate surface area is 163 Å². The van der Waals surface area contributed by atoms with Crippen molar-refractivity contribution < 1.29 is 14.3 Å². The fraction of sp³-hybridized carbons (Fsp3) is 0.190. The Kier molecular flexibility index (Phi) is 5.74. The summed E-state index contributed by atoms with van der Waals surface area (Å²) in [5, 5.41) is 10.4. The zero-order valence-corrected chi connectivity index (χ0v) is 16.0. The molecule has 144 valence electrons. The summed E-state index contributed by atoms with van der Waals surface area (Å²) in [4.78, 5) is 24.3. The number of methoxy groups -OCH3 is 1. The lowest BCUT2D eigenvalue weighted by molar-refractivity contribution is -0.114. The maximum absolute atomic E-state index is 12.5. The maximum atomic E-state index is 12.5. The number of para-hydroxylation sites is 2. The molecule has 0 saturated carbocycles. The SMILES string of the molecule is COC(=O)c1ccccc1NCC(=O)Nc1c(C)nn(-c2ccccc2)c1C. The second kappa shape index (κ2) is 8.39. The van der Waals surface area contributed by atoms with Crippen LogP contribution in [0.15, 0.2) is 54.6 Å². The van der Waals surface area contributed by atoms with Crippen LogP contribution in [0.3, 0.4) is 0 Å². The fourth-order valence-electron chi connectivity index (χ4n) is 2.93. The highest BCUT2D eigenvalue weighted by molar-refractivity contribution is 5.98. The second-order valence-electron chi connectivity index (χ2n) is 6.23. The molecule has 28 heavy (non-hydrogen) atoms. The van der Waals surface area contributed by atoms with Crippen LogP contribution in [-0.2, 0) is 9.53 Å². The van der Waals surface area contributed by atoms with Gasteiger partial charge >= 0.3 is 5.97 Å². The predicted molar refractivity (Wildman–Crippen MR) is 108 cm³/mol. The Morgan fingerprint density at radius 1 is 1.04 bits per heavy atom. The molecular formula is C21H22N4O3. The first-order valence-electron chi connectivity index (χ1n) is 8.84. The van der Waals surface area contributed by atoms with Crippen molar-refractivity contribution in [3.05, 3.63) is 71.5 Å².